The van der Waals surface area contributed by atoms with E-state index in [1.54, 1.807) is 0 Å². The van der Waals surface area contributed by atoms with Crippen molar-refractivity contribution >= 4 is 29.1 Å². The molecule has 0 aromatic heterocycles. The Morgan fingerprint density at radius 1 is 1.04 bits per heavy atom. The summed E-state index contributed by atoms with van der Waals surface area (Å²) in [6.45, 7) is 4.55. The van der Waals surface area contributed by atoms with E-state index >= 15 is 0 Å². The highest BCUT2D eigenvalue weighted by molar-refractivity contribution is 8.04. The van der Waals surface area contributed by atoms with Gasteiger partial charge >= 0.3 is 0 Å². The summed E-state index contributed by atoms with van der Waals surface area (Å²) in [5, 5.41) is 0. The lowest BCUT2D eigenvalue weighted by Gasteiger charge is -2.29. The van der Waals surface area contributed by atoms with Crippen LogP contribution in [0.3, 0.4) is 0 Å². The molecule has 1 aromatic carbocycles. The molecular formula is C20H25NO3S. The van der Waals surface area contributed by atoms with Crippen molar-refractivity contribution in [2.75, 3.05) is 12.4 Å². The first-order valence-corrected chi connectivity index (χ1v) is 10.1. The fourth-order valence-corrected chi connectivity index (χ4v) is 4.47. The molecule has 25 heavy (non-hydrogen) atoms. The Balaban J connectivity index is 1.93. The first kappa shape index (κ1) is 18.1. The number of hydrogen-bond acceptors (Lipinski definition) is 4. The fraction of sp³-hybridized carbons (Fsp3) is 0.500. The molecule has 0 bridgehead atoms. The van der Waals surface area contributed by atoms with Crippen LogP contribution in [0.15, 0.2) is 29.2 Å². The third kappa shape index (κ3) is 3.61. The van der Waals surface area contributed by atoms with Crippen LogP contribution in [0.4, 0.5) is 0 Å². The number of amides is 2. The molecule has 0 saturated heterocycles. The SMILES string of the molecule is CCOc1ccc(C2=C(SCC)C(=O)N(C3CCCCC3)C2=O)cc1. The lowest BCUT2D eigenvalue weighted by molar-refractivity contribution is -0.139. The topological polar surface area (TPSA) is 46.6 Å². The maximum absolute atomic E-state index is 13.1. The largest absolute Gasteiger partial charge is 0.494 e. The maximum Gasteiger partial charge on any atom is 0.268 e. The van der Waals surface area contributed by atoms with E-state index in [4.69, 9.17) is 4.74 Å². The van der Waals surface area contributed by atoms with E-state index < -0.39 is 0 Å². The molecule has 4 nitrogen and oxygen atoms in total. The summed E-state index contributed by atoms with van der Waals surface area (Å²) in [5.41, 5.74) is 1.36. The van der Waals surface area contributed by atoms with Crippen LogP contribution in [-0.2, 0) is 9.59 Å². The van der Waals surface area contributed by atoms with Gasteiger partial charge in [-0.05, 0) is 43.2 Å². The Morgan fingerprint density at radius 2 is 1.72 bits per heavy atom. The normalized spacial score (nSPS) is 19.0. The third-order valence-electron chi connectivity index (χ3n) is 4.76. The van der Waals surface area contributed by atoms with Gasteiger partial charge in [0.25, 0.3) is 11.8 Å². The molecule has 2 aliphatic rings. The van der Waals surface area contributed by atoms with Gasteiger partial charge in [0.05, 0.1) is 17.1 Å². The minimum Gasteiger partial charge on any atom is -0.494 e. The summed E-state index contributed by atoms with van der Waals surface area (Å²) in [6, 6.07) is 7.54. The van der Waals surface area contributed by atoms with E-state index in [1.165, 1.54) is 23.1 Å². The highest BCUT2D eigenvalue weighted by Crippen LogP contribution is 2.39. The zero-order chi connectivity index (χ0) is 17.8. The van der Waals surface area contributed by atoms with Gasteiger partial charge in [-0.25, -0.2) is 0 Å². The number of carbonyl (C=O) groups excluding carboxylic acids is 2. The molecule has 1 aliphatic heterocycles. The molecule has 0 radical (unpaired) electrons. The van der Waals surface area contributed by atoms with Crippen LogP contribution >= 0.6 is 11.8 Å². The lowest BCUT2D eigenvalue weighted by atomic mass is 9.94. The van der Waals surface area contributed by atoms with Crippen molar-refractivity contribution in [1.82, 2.24) is 4.90 Å². The first-order chi connectivity index (χ1) is 12.2. The van der Waals surface area contributed by atoms with Gasteiger partial charge in [-0.1, -0.05) is 38.3 Å². The van der Waals surface area contributed by atoms with E-state index in [9.17, 15) is 9.59 Å². The lowest BCUT2D eigenvalue weighted by Crippen LogP contribution is -2.42. The molecule has 3 rings (SSSR count). The number of imide groups is 1. The first-order valence-electron chi connectivity index (χ1n) is 9.15. The van der Waals surface area contributed by atoms with Crippen LogP contribution in [0.1, 0.15) is 51.5 Å². The predicted molar refractivity (Wildman–Crippen MR) is 101 cm³/mol. The van der Waals surface area contributed by atoms with Crippen LogP contribution in [0.2, 0.25) is 0 Å². The minimum atomic E-state index is -0.128. The average Bonchev–Trinajstić information content (AvgIpc) is 2.87. The van der Waals surface area contributed by atoms with Gasteiger partial charge in [0.2, 0.25) is 0 Å². The molecular weight excluding hydrogens is 334 g/mol. The smallest absolute Gasteiger partial charge is 0.268 e. The molecule has 0 spiro atoms. The number of ether oxygens (including phenoxy) is 1. The van der Waals surface area contributed by atoms with Crippen LogP contribution in [-0.4, -0.2) is 35.1 Å². The summed E-state index contributed by atoms with van der Waals surface area (Å²) < 4.78 is 5.48. The van der Waals surface area contributed by atoms with Gasteiger partial charge in [0.1, 0.15) is 5.75 Å². The Labute approximate surface area is 153 Å². The molecule has 1 saturated carbocycles. The summed E-state index contributed by atoms with van der Waals surface area (Å²) in [6.07, 6.45) is 5.24. The molecule has 0 unspecified atom stereocenters. The summed E-state index contributed by atoms with van der Waals surface area (Å²) in [5.74, 6) is 1.31. The zero-order valence-electron chi connectivity index (χ0n) is 14.9. The van der Waals surface area contributed by atoms with E-state index in [0.717, 1.165) is 42.7 Å². The molecule has 1 heterocycles. The van der Waals surface area contributed by atoms with Gasteiger partial charge in [-0.15, -0.1) is 11.8 Å². The highest BCUT2D eigenvalue weighted by atomic mass is 32.2. The maximum atomic E-state index is 13.1. The van der Waals surface area contributed by atoms with Crippen molar-refractivity contribution in [2.24, 2.45) is 0 Å². The molecule has 5 heteroatoms. The van der Waals surface area contributed by atoms with Crippen LogP contribution in [0.5, 0.6) is 5.75 Å². The van der Waals surface area contributed by atoms with Crippen molar-refractivity contribution in [1.29, 1.82) is 0 Å². The second kappa shape index (κ2) is 8.09. The number of nitrogens with zero attached hydrogens (tertiary/aromatic N) is 1. The van der Waals surface area contributed by atoms with Crippen molar-refractivity contribution in [2.45, 2.75) is 52.0 Å². The second-order valence-electron chi connectivity index (χ2n) is 6.37. The van der Waals surface area contributed by atoms with Crippen molar-refractivity contribution in [3.63, 3.8) is 0 Å². The monoisotopic (exact) mass is 359 g/mol. The van der Waals surface area contributed by atoms with E-state index in [0.29, 0.717) is 17.1 Å². The van der Waals surface area contributed by atoms with Gasteiger partial charge in [-0.2, -0.15) is 0 Å². The van der Waals surface area contributed by atoms with Crippen molar-refractivity contribution < 1.29 is 14.3 Å². The van der Waals surface area contributed by atoms with Crippen molar-refractivity contribution in [3.05, 3.63) is 34.7 Å². The van der Waals surface area contributed by atoms with Crippen molar-refractivity contribution in [3.8, 4) is 5.75 Å². The molecule has 134 valence electrons. The quantitative estimate of drug-likeness (QED) is 0.712. The number of thioether (sulfide) groups is 1. The van der Waals surface area contributed by atoms with Gasteiger partial charge in [-0.3, -0.25) is 14.5 Å². The number of rotatable bonds is 6. The fourth-order valence-electron chi connectivity index (χ4n) is 3.61. The van der Waals surface area contributed by atoms with E-state index in [2.05, 4.69) is 0 Å². The zero-order valence-corrected chi connectivity index (χ0v) is 15.7. The Kier molecular flexibility index (Phi) is 5.84. The van der Waals surface area contributed by atoms with E-state index in [-0.39, 0.29) is 17.9 Å². The molecule has 1 aromatic rings. The van der Waals surface area contributed by atoms with Gasteiger partial charge < -0.3 is 4.74 Å². The minimum absolute atomic E-state index is 0.0569. The Morgan fingerprint density at radius 3 is 2.32 bits per heavy atom. The van der Waals surface area contributed by atoms with Crippen LogP contribution in [0.25, 0.3) is 5.57 Å². The number of hydrogen-bond donors (Lipinski definition) is 0. The van der Waals surface area contributed by atoms with E-state index in [1.807, 2.05) is 38.1 Å². The molecule has 1 fully saturated rings. The summed E-state index contributed by atoms with van der Waals surface area (Å²) in [4.78, 5) is 28.2. The Bertz CT molecular complexity index is 675. The standard InChI is InChI=1S/C20H25NO3S/c1-3-24-16-12-10-14(11-13-16)17-18(25-4-2)20(23)21(19(17)22)15-8-6-5-7-9-15/h10-13,15H,3-9H2,1-2H3. The Hall–Kier alpha value is -1.75. The van der Waals surface area contributed by atoms with Crippen LogP contribution < -0.4 is 4.74 Å². The third-order valence-corrected chi connectivity index (χ3v) is 5.71. The second-order valence-corrected chi connectivity index (χ2v) is 7.64. The molecule has 2 amide bonds. The number of carbonyl (C=O) groups is 2. The van der Waals surface area contributed by atoms with Crippen LogP contribution in [0, 0.1) is 0 Å². The average molecular weight is 359 g/mol. The molecule has 1 aliphatic carbocycles. The summed E-state index contributed by atoms with van der Waals surface area (Å²) in [7, 11) is 0. The molecule has 0 N–H and O–H groups in total. The van der Waals surface area contributed by atoms with Gasteiger partial charge in [0, 0.05) is 6.04 Å². The van der Waals surface area contributed by atoms with Gasteiger partial charge in [0.15, 0.2) is 0 Å². The molecule has 0 atom stereocenters. The summed E-state index contributed by atoms with van der Waals surface area (Å²) >= 11 is 1.47. The highest BCUT2D eigenvalue weighted by Gasteiger charge is 2.42. The predicted octanol–water partition coefficient (Wildman–Crippen LogP) is 4.25. The number of benzene rings is 1.